The minimum absolute atomic E-state index is 0.167. The summed E-state index contributed by atoms with van der Waals surface area (Å²) in [7, 11) is 0. The van der Waals surface area contributed by atoms with Gasteiger partial charge in [0.15, 0.2) is 0 Å². The molecule has 3 rings (SSSR count). The molecule has 1 aromatic rings. The molecular weight excluding hydrogens is 322 g/mol. The third-order valence-corrected chi connectivity index (χ3v) is 4.59. The summed E-state index contributed by atoms with van der Waals surface area (Å²) in [6.45, 7) is 5.42. The lowest BCUT2D eigenvalue weighted by Gasteiger charge is -2.32. The molecule has 1 aliphatic carbocycles. The molecule has 1 fully saturated rings. The highest BCUT2D eigenvalue weighted by atomic mass is 17.2. The molecule has 134 valence electrons. The molecule has 1 heterocycles. The van der Waals surface area contributed by atoms with Gasteiger partial charge in [-0.1, -0.05) is 12.1 Å². The zero-order valence-corrected chi connectivity index (χ0v) is 14.8. The molecule has 0 unspecified atom stereocenters. The lowest BCUT2D eigenvalue weighted by atomic mass is 9.85. The van der Waals surface area contributed by atoms with Crippen molar-refractivity contribution in [3.05, 3.63) is 35.4 Å². The van der Waals surface area contributed by atoms with E-state index in [9.17, 15) is 14.4 Å². The second-order valence-corrected chi connectivity index (χ2v) is 7.63. The Bertz CT molecular complexity index is 663. The standard InChI is InChI=1S/C19H23NO5/c1-19(2,3)25-24-18(23)12-8-10-13(11-9-12)20-16(21)14-6-4-5-7-15(14)17(20)22/h4-7,12-13H,8-11H2,1-3H3. The van der Waals surface area contributed by atoms with Crippen molar-refractivity contribution in [2.45, 2.75) is 58.1 Å². The van der Waals surface area contributed by atoms with Gasteiger partial charge in [0.2, 0.25) is 0 Å². The lowest BCUT2D eigenvalue weighted by Crippen LogP contribution is -2.43. The third kappa shape index (κ3) is 3.58. The number of amides is 2. The zero-order valence-electron chi connectivity index (χ0n) is 14.8. The van der Waals surface area contributed by atoms with Crippen molar-refractivity contribution < 1.29 is 24.2 Å². The van der Waals surface area contributed by atoms with Crippen LogP contribution in [0, 0.1) is 5.92 Å². The van der Waals surface area contributed by atoms with Crippen molar-refractivity contribution >= 4 is 17.8 Å². The minimum Gasteiger partial charge on any atom is -0.298 e. The minimum atomic E-state index is -0.549. The Balaban J connectivity index is 1.59. The van der Waals surface area contributed by atoms with Crippen LogP contribution in [0.5, 0.6) is 0 Å². The molecule has 6 heteroatoms. The molecule has 1 saturated carbocycles. The molecule has 0 N–H and O–H groups in total. The van der Waals surface area contributed by atoms with Gasteiger partial charge in [-0.2, -0.15) is 4.89 Å². The topological polar surface area (TPSA) is 72.9 Å². The van der Waals surface area contributed by atoms with E-state index in [1.165, 1.54) is 4.90 Å². The number of carbonyl (C=O) groups is 3. The molecular formula is C19H23NO5. The van der Waals surface area contributed by atoms with E-state index in [4.69, 9.17) is 9.78 Å². The van der Waals surface area contributed by atoms with Crippen LogP contribution in [0.15, 0.2) is 24.3 Å². The predicted octanol–water partition coefficient (Wildman–Crippen LogP) is 3.11. The fraction of sp³-hybridized carbons (Fsp3) is 0.526. The molecule has 1 aliphatic heterocycles. The third-order valence-electron chi connectivity index (χ3n) is 4.59. The maximum atomic E-state index is 12.5. The first-order chi connectivity index (χ1) is 11.8. The summed E-state index contributed by atoms with van der Waals surface area (Å²) in [6.07, 6.45) is 2.34. The first kappa shape index (κ1) is 17.6. The lowest BCUT2D eigenvalue weighted by molar-refractivity contribution is -0.323. The van der Waals surface area contributed by atoms with Gasteiger partial charge in [0.05, 0.1) is 17.0 Å². The van der Waals surface area contributed by atoms with E-state index >= 15 is 0 Å². The van der Waals surface area contributed by atoms with Gasteiger partial charge < -0.3 is 0 Å². The van der Waals surface area contributed by atoms with Crippen molar-refractivity contribution in [3.8, 4) is 0 Å². The zero-order chi connectivity index (χ0) is 18.2. The van der Waals surface area contributed by atoms with Crippen molar-refractivity contribution in [1.29, 1.82) is 0 Å². The Labute approximate surface area is 147 Å². The molecule has 25 heavy (non-hydrogen) atoms. The molecule has 0 saturated heterocycles. The van der Waals surface area contributed by atoms with Gasteiger partial charge in [-0.3, -0.25) is 19.4 Å². The van der Waals surface area contributed by atoms with E-state index < -0.39 is 5.60 Å². The molecule has 0 spiro atoms. The van der Waals surface area contributed by atoms with E-state index in [1.807, 2.05) is 0 Å². The number of carbonyl (C=O) groups excluding carboxylic acids is 3. The first-order valence-corrected chi connectivity index (χ1v) is 8.64. The summed E-state index contributed by atoms with van der Waals surface area (Å²) in [6, 6.07) is 6.72. The average molecular weight is 345 g/mol. The molecule has 0 aromatic heterocycles. The van der Waals surface area contributed by atoms with Crippen LogP contribution < -0.4 is 0 Å². The molecule has 2 amide bonds. The maximum Gasteiger partial charge on any atom is 0.345 e. The molecule has 0 bridgehead atoms. The molecule has 0 atom stereocenters. The Morgan fingerprint density at radius 3 is 2.00 bits per heavy atom. The van der Waals surface area contributed by atoms with Crippen LogP contribution in [0.3, 0.4) is 0 Å². The van der Waals surface area contributed by atoms with E-state index in [0.717, 1.165) is 0 Å². The van der Waals surface area contributed by atoms with E-state index in [-0.39, 0.29) is 29.7 Å². The summed E-state index contributed by atoms with van der Waals surface area (Å²) < 4.78 is 0. The van der Waals surface area contributed by atoms with Gasteiger partial charge in [-0.15, -0.1) is 0 Å². The fourth-order valence-corrected chi connectivity index (χ4v) is 3.34. The number of benzene rings is 1. The van der Waals surface area contributed by atoms with Crippen molar-refractivity contribution in [2.75, 3.05) is 0 Å². The summed E-state index contributed by atoms with van der Waals surface area (Å²) in [5, 5.41) is 0. The molecule has 0 radical (unpaired) electrons. The summed E-state index contributed by atoms with van der Waals surface area (Å²) >= 11 is 0. The number of fused-ring (bicyclic) bond motifs is 1. The largest absolute Gasteiger partial charge is 0.345 e. The number of imide groups is 1. The van der Waals surface area contributed by atoms with Gasteiger partial charge >= 0.3 is 5.97 Å². The van der Waals surface area contributed by atoms with Crippen LogP contribution in [0.4, 0.5) is 0 Å². The average Bonchev–Trinajstić information content (AvgIpc) is 2.84. The quantitative estimate of drug-likeness (QED) is 0.478. The van der Waals surface area contributed by atoms with Crippen LogP contribution in [0.25, 0.3) is 0 Å². The molecule has 1 aromatic carbocycles. The Kier molecular flexibility index (Phi) is 4.64. The van der Waals surface area contributed by atoms with Gasteiger partial charge in [0, 0.05) is 6.04 Å². The highest BCUT2D eigenvalue weighted by molar-refractivity contribution is 6.21. The van der Waals surface area contributed by atoms with E-state index in [1.54, 1.807) is 45.0 Å². The Morgan fingerprint density at radius 2 is 1.52 bits per heavy atom. The van der Waals surface area contributed by atoms with Crippen LogP contribution in [-0.4, -0.2) is 34.3 Å². The maximum absolute atomic E-state index is 12.5. The van der Waals surface area contributed by atoms with Gasteiger partial charge in [0.25, 0.3) is 11.8 Å². The van der Waals surface area contributed by atoms with Gasteiger partial charge in [-0.25, -0.2) is 4.79 Å². The van der Waals surface area contributed by atoms with Crippen LogP contribution >= 0.6 is 0 Å². The SMILES string of the molecule is CC(C)(C)OOC(=O)C1CCC(N2C(=O)c3ccccc3C2=O)CC1. The number of hydrogen-bond donors (Lipinski definition) is 0. The van der Waals surface area contributed by atoms with Crippen molar-refractivity contribution in [2.24, 2.45) is 5.92 Å². The van der Waals surface area contributed by atoms with Crippen LogP contribution in [-0.2, 0) is 14.6 Å². The first-order valence-electron chi connectivity index (χ1n) is 8.64. The molecule has 6 nitrogen and oxygen atoms in total. The van der Waals surface area contributed by atoms with Crippen molar-refractivity contribution in [1.82, 2.24) is 4.90 Å². The number of rotatable bonds is 3. The van der Waals surface area contributed by atoms with Crippen LogP contribution in [0.1, 0.15) is 67.2 Å². The summed E-state index contributed by atoms with van der Waals surface area (Å²) in [5.41, 5.74) is 0.382. The highest BCUT2D eigenvalue weighted by Gasteiger charge is 2.42. The summed E-state index contributed by atoms with van der Waals surface area (Å²) in [5.74, 6) is -1.10. The van der Waals surface area contributed by atoms with Gasteiger partial charge in [0.1, 0.15) is 5.60 Å². The summed E-state index contributed by atoms with van der Waals surface area (Å²) in [4.78, 5) is 48.5. The second kappa shape index (κ2) is 6.59. The smallest absolute Gasteiger partial charge is 0.298 e. The van der Waals surface area contributed by atoms with Gasteiger partial charge in [-0.05, 0) is 58.6 Å². The second-order valence-electron chi connectivity index (χ2n) is 7.63. The fourth-order valence-electron chi connectivity index (χ4n) is 3.34. The molecule has 2 aliphatic rings. The van der Waals surface area contributed by atoms with E-state index in [2.05, 4.69) is 0 Å². The number of nitrogens with zero attached hydrogens (tertiary/aromatic N) is 1. The van der Waals surface area contributed by atoms with Crippen LogP contribution in [0.2, 0.25) is 0 Å². The highest BCUT2D eigenvalue weighted by Crippen LogP contribution is 2.33. The Hall–Kier alpha value is -2.21. The monoisotopic (exact) mass is 345 g/mol. The number of hydrogen-bond acceptors (Lipinski definition) is 5. The van der Waals surface area contributed by atoms with Crippen molar-refractivity contribution in [3.63, 3.8) is 0 Å². The Morgan fingerprint density at radius 1 is 1.00 bits per heavy atom. The normalized spacial score (nSPS) is 23.6. The van der Waals surface area contributed by atoms with E-state index in [0.29, 0.717) is 36.8 Å². The predicted molar refractivity (Wildman–Crippen MR) is 89.6 cm³/mol.